The second-order valence-corrected chi connectivity index (χ2v) is 6.77. The molecule has 0 spiro atoms. The number of likely N-dealkylation sites (tertiary alicyclic amines) is 1. The average Bonchev–Trinajstić information content (AvgIpc) is 2.72. The molecule has 2 amide bonds. The zero-order chi connectivity index (χ0) is 17.8. The summed E-state index contributed by atoms with van der Waals surface area (Å²) in [5.41, 5.74) is 0. The van der Waals surface area contributed by atoms with Crippen LogP contribution >= 0.6 is 0 Å². The standard InChI is InChI=1S/C12H17NO9S/c14-8-5-6-9(15)13(8)12(11(18)19,23(20,21)22)7-3-1-2-4-10(16)17/h1-7H2,(H,16,17)(H,18,19)(H,20,21,22). The average molecular weight is 351 g/mol. The molecule has 1 fully saturated rings. The second-order valence-electron chi connectivity index (χ2n) is 5.14. The molecule has 0 aromatic carbocycles. The molecule has 0 aromatic rings. The molecule has 130 valence electrons. The van der Waals surface area contributed by atoms with Gasteiger partial charge in [0, 0.05) is 19.3 Å². The molecule has 10 nitrogen and oxygen atoms in total. The monoisotopic (exact) mass is 351 g/mol. The summed E-state index contributed by atoms with van der Waals surface area (Å²) in [4.78, 5) is 42.5. The number of carboxylic acid groups (broad SMARTS) is 2. The van der Waals surface area contributed by atoms with Gasteiger partial charge >= 0.3 is 22.1 Å². The smallest absolute Gasteiger partial charge is 0.348 e. The van der Waals surface area contributed by atoms with Gasteiger partial charge in [-0.1, -0.05) is 6.42 Å². The predicted octanol–water partition coefficient (Wildman–Crippen LogP) is -0.161. The third-order valence-electron chi connectivity index (χ3n) is 3.58. The van der Waals surface area contributed by atoms with Crippen molar-refractivity contribution in [3.63, 3.8) is 0 Å². The molecule has 0 aromatic heterocycles. The number of carbonyl (C=O) groups is 4. The first-order chi connectivity index (χ1) is 10.5. The van der Waals surface area contributed by atoms with Gasteiger partial charge in [-0.05, 0) is 19.3 Å². The maximum atomic E-state index is 11.7. The highest BCUT2D eigenvalue weighted by Gasteiger charge is 2.60. The summed E-state index contributed by atoms with van der Waals surface area (Å²) in [5.74, 6) is -5.06. The fourth-order valence-corrected chi connectivity index (χ4v) is 3.52. The highest BCUT2D eigenvalue weighted by Crippen LogP contribution is 2.33. The van der Waals surface area contributed by atoms with Crippen LogP contribution in [0.3, 0.4) is 0 Å². The Labute approximate surface area is 131 Å². The molecule has 0 saturated carbocycles. The highest BCUT2D eigenvalue weighted by molar-refractivity contribution is 7.88. The van der Waals surface area contributed by atoms with Gasteiger partial charge in [0.25, 0.3) is 4.87 Å². The highest BCUT2D eigenvalue weighted by atomic mass is 32.2. The fourth-order valence-electron chi connectivity index (χ4n) is 2.47. The third kappa shape index (κ3) is 3.85. The molecule has 1 saturated heterocycles. The van der Waals surface area contributed by atoms with E-state index in [0.717, 1.165) is 0 Å². The van der Waals surface area contributed by atoms with Crippen LogP contribution in [0.4, 0.5) is 0 Å². The van der Waals surface area contributed by atoms with Crippen molar-refractivity contribution >= 4 is 33.9 Å². The number of carbonyl (C=O) groups excluding carboxylic acids is 2. The predicted molar refractivity (Wildman–Crippen MR) is 73.7 cm³/mol. The molecule has 11 heteroatoms. The number of aliphatic carboxylic acids is 2. The Morgan fingerprint density at radius 2 is 1.57 bits per heavy atom. The van der Waals surface area contributed by atoms with Gasteiger partial charge in [-0.25, -0.2) is 9.69 Å². The van der Waals surface area contributed by atoms with E-state index < -0.39 is 45.2 Å². The number of amides is 2. The fraction of sp³-hybridized carbons (Fsp3) is 0.667. The van der Waals surface area contributed by atoms with E-state index in [-0.39, 0.29) is 43.4 Å². The zero-order valence-corrected chi connectivity index (χ0v) is 12.9. The van der Waals surface area contributed by atoms with E-state index in [1.165, 1.54) is 0 Å². The van der Waals surface area contributed by atoms with E-state index in [1.807, 2.05) is 0 Å². The molecule has 23 heavy (non-hydrogen) atoms. The number of imide groups is 1. The molecule has 1 heterocycles. The van der Waals surface area contributed by atoms with Crippen molar-refractivity contribution in [1.82, 2.24) is 4.90 Å². The van der Waals surface area contributed by atoms with Gasteiger partial charge in [0.2, 0.25) is 11.8 Å². The van der Waals surface area contributed by atoms with Gasteiger partial charge in [0.1, 0.15) is 0 Å². The van der Waals surface area contributed by atoms with Crippen LogP contribution in [-0.4, -0.2) is 56.7 Å². The summed E-state index contributed by atoms with van der Waals surface area (Å²) in [6.07, 6.45) is -1.33. The number of hydrogen-bond donors (Lipinski definition) is 3. The number of unbranched alkanes of at least 4 members (excludes halogenated alkanes) is 2. The van der Waals surface area contributed by atoms with E-state index in [2.05, 4.69) is 0 Å². The van der Waals surface area contributed by atoms with Crippen molar-refractivity contribution in [3.8, 4) is 0 Å². The number of rotatable bonds is 9. The van der Waals surface area contributed by atoms with Crippen LogP contribution in [0, 0.1) is 0 Å². The summed E-state index contributed by atoms with van der Waals surface area (Å²) >= 11 is 0. The number of hydrogen-bond acceptors (Lipinski definition) is 6. The minimum absolute atomic E-state index is 0.0991. The lowest BCUT2D eigenvalue weighted by molar-refractivity contribution is -0.157. The minimum Gasteiger partial charge on any atom is -0.481 e. The van der Waals surface area contributed by atoms with Gasteiger partial charge in [-0.2, -0.15) is 8.42 Å². The van der Waals surface area contributed by atoms with E-state index in [4.69, 9.17) is 5.11 Å². The van der Waals surface area contributed by atoms with Gasteiger partial charge in [-0.3, -0.25) is 18.9 Å². The first-order valence-electron chi connectivity index (χ1n) is 6.82. The van der Waals surface area contributed by atoms with Crippen LogP contribution in [0.1, 0.15) is 44.9 Å². The van der Waals surface area contributed by atoms with Crippen molar-refractivity contribution in [2.75, 3.05) is 0 Å². The van der Waals surface area contributed by atoms with Crippen LogP contribution in [0.2, 0.25) is 0 Å². The van der Waals surface area contributed by atoms with E-state index in [9.17, 15) is 37.3 Å². The Bertz CT molecular complexity index is 610. The largest absolute Gasteiger partial charge is 0.481 e. The minimum atomic E-state index is -5.31. The van der Waals surface area contributed by atoms with Crippen molar-refractivity contribution in [3.05, 3.63) is 0 Å². The first kappa shape index (κ1) is 19.0. The van der Waals surface area contributed by atoms with Gasteiger partial charge < -0.3 is 10.2 Å². The van der Waals surface area contributed by atoms with Gasteiger partial charge in [0.15, 0.2) is 0 Å². The molecule has 1 atom stereocenters. The maximum absolute atomic E-state index is 11.7. The Morgan fingerprint density at radius 3 is 1.96 bits per heavy atom. The van der Waals surface area contributed by atoms with Gasteiger partial charge in [-0.15, -0.1) is 0 Å². The van der Waals surface area contributed by atoms with Crippen molar-refractivity contribution in [2.45, 2.75) is 49.8 Å². The molecule has 1 aliphatic rings. The third-order valence-corrected chi connectivity index (χ3v) is 4.99. The maximum Gasteiger partial charge on any atom is 0.348 e. The van der Waals surface area contributed by atoms with Crippen molar-refractivity contribution in [1.29, 1.82) is 0 Å². The summed E-state index contributed by atoms with van der Waals surface area (Å²) < 4.78 is 32.7. The molecule has 1 rings (SSSR count). The topological polar surface area (TPSA) is 166 Å². The second kappa shape index (κ2) is 7.04. The Kier molecular flexibility index (Phi) is 5.83. The van der Waals surface area contributed by atoms with Crippen LogP contribution in [0.5, 0.6) is 0 Å². The number of nitrogens with zero attached hydrogens (tertiary/aromatic N) is 1. The van der Waals surface area contributed by atoms with Crippen LogP contribution in [0.25, 0.3) is 0 Å². The molecule has 1 aliphatic heterocycles. The van der Waals surface area contributed by atoms with E-state index in [0.29, 0.717) is 0 Å². The Balaban J connectivity index is 3.07. The summed E-state index contributed by atoms with van der Waals surface area (Å²) in [5, 5.41) is 17.8. The SMILES string of the molecule is O=C(O)CCCCCC(C(=O)O)(N1C(=O)CCC1=O)S(=O)(=O)O. The Morgan fingerprint density at radius 1 is 1.04 bits per heavy atom. The first-order valence-corrected chi connectivity index (χ1v) is 8.26. The van der Waals surface area contributed by atoms with E-state index in [1.54, 1.807) is 0 Å². The molecule has 0 bridgehead atoms. The lowest BCUT2D eigenvalue weighted by atomic mass is 10.1. The molecular weight excluding hydrogens is 334 g/mol. The Hall–Kier alpha value is -2.01. The number of carboxylic acids is 2. The molecule has 1 unspecified atom stereocenters. The molecular formula is C12H17NO9S. The lowest BCUT2D eigenvalue weighted by Crippen LogP contribution is -2.61. The van der Waals surface area contributed by atoms with Crippen molar-refractivity contribution < 1.29 is 42.4 Å². The summed E-state index contributed by atoms with van der Waals surface area (Å²) in [6.45, 7) is 0. The molecule has 3 N–H and O–H groups in total. The van der Waals surface area contributed by atoms with Crippen LogP contribution < -0.4 is 0 Å². The normalized spacial score (nSPS) is 18.0. The lowest BCUT2D eigenvalue weighted by Gasteiger charge is -2.33. The summed E-state index contributed by atoms with van der Waals surface area (Å²) in [7, 11) is -5.31. The molecule has 0 aliphatic carbocycles. The summed E-state index contributed by atoms with van der Waals surface area (Å²) in [6, 6.07) is 0. The van der Waals surface area contributed by atoms with Crippen molar-refractivity contribution in [2.24, 2.45) is 0 Å². The zero-order valence-electron chi connectivity index (χ0n) is 12.1. The van der Waals surface area contributed by atoms with Gasteiger partial charge in [0.05, 0.1) is 0 Å². The molecule has 0 radical (unpaired) electrons. The van der Waals surface area contributed by atoms with E-state index >= 15 is 0 Å². The quantitative estimate of drug-likeness (QED) is 0.290. The van der Waals surface area contributed by atoms with Crippen LogP contribution in [-0.2, 0) is 29.3 Å². The van der Waals surface area contributed by atoms with Crippen LogP contribution in [0.15, 0.2) is 0 Å².